The van der Waals surface area contributed by atoms with Crippen LogP contribution in [0.15, 0.2) is 0 Å². The van der Waals surface area contributed by atoms with Gasteiger partial charge in [0.1, 0.15) is 5.82 Å². The van der Waals surface area contributed by atoms with Gasteiger partial charge in [-0.25, -0.2) is 14.4 Å². The Labute approximate surface area is 108 Å². The fraction of sp³-hybridized carbons (Fsp3) is 0.714. The molecule has 0 bridgehead atoms. The second kappa shape index (κ2) is 5.63. The van der Waals surface area contributed by atoms with Crippen LogP contribution in [-0.4, -0.2) is 17.0 Å². The SMILES string of the molecule is CCC1CCC(c2nc(C)c(F)c(NC)n2)CC1. The summed E-state index contributed by atoms with van der Waals surface area (Å²) in [5.41, 5.74) is 0.446. The van der Waals surface area contributed by atoms with Gasteiger partial charge in [-0.3, -0.25) is 0 Å². The lowest BCUT2D eigenvalue weighted by Crippen LogP contribution is -2.16. The van der Waals surface area contributed by atoms with Crippen molar-refractivity contribution >= 4 is 5.82 Å². The van der Waals surface area contributed by atoms with Crippen LogP contribution in [0.1, 0.15) is 56.5 Å². The minimum absolute atomic E-state index is 0.329. The fourth-order valence-corrected chi connectivity index (χ4v) is 2.76. The summed E-state index contributed by atoms with van der Waals surface area (Å²) in [6.07, 6.45) is 6.02. The molecular formula is C14H22FN3. The molecule has 3 nitrogen and oxygen atoms in total. The lowest BCUT2D eigenvalue weighted by atomic mass is 9.80. The van der Waals surface area contributed by atoms with E-state index in [1.807, 2.05) is 0 Å². The van der Waals surface area contributed by atoms with Crippen molar-refractivity contribution in [2.24, 2.45) is 5.92 Å². The van der Waals surface area contributed by atoms with Crippen molar-refractivity contribution in [2.45, 2.75) is 51.9 Å². The summed E-state index contributed by atoms with van der Waals surface area (Å²) in [6.45, 7) is 3.96. The Bertz CT molecular complexity index is 412. The molecular weight excluding hydrogens is 229 g/mol. The topological polar surface area (TPSA) is 37.8 Å². The molecule has 1 N–H and O–H groups in total. The molecule has 0 aromatic carbocycles. The molecule has 0 spiro atoms. The van der Waals surface area contributed by atoms with E-state index < -0.39 is 0 Å². The summed E-state index contributed by atoms with van der Waals surface area (Å²) in [7, 11) is 1.70. The Balaban J connectivity index is 2.17. The Hall–Kier alpha value is -1.19. The first-order valence-corrected chi connectivity index (χ1v) is 6.87. The van der Waals surface area contributed by atoms with Gasteiger partial charge in [0.25, 0.3) is 0 Å². The van der Waals surface area contributed by atoms with Crippen molar-refractivity contribution < 1.29 is 4.39 Å². The molecule has 18 heavy (non-hydrogen) atoms. The summed E-state index contributed by atoms with van der Waals surface area (Å²) in [5.74, 6) is 2.07. The molecule has 4 heteroatoms. The van der Waals surface area contributed by atoms with E-state index in [1.165, 1.54) is 19.3 Å². The number of halogens is 1. The second-order valence-electron chi connectivity index (χ2n) is 5.21. The van der Waals surface area contributed by atoms with E-state index in [0.29, 0.717) is 17.4 Å². The van der Waals surface area contributed by atoms with Crippen molar-refractivity contribution in [3.63, 3.8) is 0 Å². The van der Waals surface area contributed by atoms with Gasteiger partial charge in [0.05, 0.1) is 5.69 Å². The maximum absolute atomic E-state index is 13.7. The monoisotopic (exact) mass is 251 g/mol. The van der Waals surface area contributed by atoms with Gasteiger partial charge in [0.15, 0.2) is 11.6 Å². The molecule has 1 aliphatic rings. The van der Waals surface area contributed by atoms with Crippen molar-refractivity contribution in [3.8, 4) is 0 Å². The molecule has 0 saturated heterocycles. The van der Waals surface area contributed by atoms with Crippen LogP contribution in [0.4, 0.5) is 10.2 Å². The molecule has 0 amide bonds. The van der Waals surface area contributed by atoms with Gasteiger partial charge in [0, 0.05) is 13.0 Å². The first-order chi connectivity index (χ1) is 8.65. The number of nitrogens with zero attached hydrogens (tertiary/aromatic N) is 2. The number of rotatable bonds is 3. The number of aromatic nitrogens is 2. The van der Waals surface area contributed by atoms with Crippen LogP contribution in [0.3, 0.4) is 0 Å². The third-order valence-corrected chi connectivity index (χ3v) is 4.06. The van der Waals surface area contributed by atoms with E-state index >= 15 is 0 Å². The number of nitrogens with one attached hydrogen (secondary N) is 1. The smallest absolute Gasteiger partial charge is 0.186 e. The highest BCUT2D eigenvalue weighted by atomic mass is 19.1. The molecule has 0 unspecified atom stereocenters. The first kappa shape index (κ1) is 13.2. The number of hydrogen-bond acceptors (Lipinski definition) is 3. The summed E-state index contributed by atoms with van der Waals surface area (Å²) in [6, 6.07) is 0. The molecule has 1 aromatic heterocycles. The molecule has 1 aliphatic carbocycles. The number of aryl methyl sites for hydroxylation is 1. The molecule has 100 valence electrons. The van der Waals surface area contributed by atoms with Crippen molar-refractivity contribution in [3.05, 3.63) is 17.3 Å². The maximum Gasteiger partial charge on any atom is 0.186 e. The quantitative estimate of drug-likeness (QED) is 0.891. The van der Waals surface area contributed by atoms with E-state index in [4.69, 9.17) is 0 Å². The van der Waals surface area contributed by atoms with Gasteiger partial charge >= 0.3 is 0 Å². The Morgan fingerprint density at radius 2 is 1.89 bits per heavy atom. The molecule has 0 aliphatic heterocycles. The second-order valence-corrected chi connectivity index (χ2v) is 5.21. The van der Waals surface area contributed by atoms with Crippen LogP contribution < -0.4 is 5.32 Å². The Morgan fingerprint density at radius 3 is 2.44 bits per heavy atom. The van der Waals surface area contributed by atoms with Gasteiger partial charge in [-0.2, -0.15) is 0 Å². The molecule has 0 atom stereocenters. The summed E-state index contributed by atoms with van der Waals surface area (Å²) < 4.78 is 13.7. The van der Waals surface area contributed by atoms with Gasteiger partial charge in [-0.1, -0.05) is 13.3 Å². The van der Waals surface area contributed by atoms with Crippen LogP contribution in [-0.2, 0) is 0 Å². The van der Waals surface area contributed by atoms with Crippen molar-refractivity contribution in [1.29, 1.82) is 0 Å². The van der Waals surface area contributed by atoms with Crippen molar-refractivity contribution in [1.82, 2.24) is 9.97 Å². The average Bonchev–Trinajstić information content (AvgIpc) is 2.42. The highest BCUT2D eigenvalue weighted by molar-refractivity contribution is 5.37. The van der Waals surface area contributed by atoms with Crippen LogP contribution in [0.5, 0.6) is 0 Å². The van der Waals surface area contributed by atoms with Crippen LogP contribution in [0, 0.1) is 18.7 Å². The summed E-state index contributed by atoms with van der Waals surface area (Å²) in [5, 5.41) is 2.81. The van der Waals surface area contributed by atoms with Gasteiger partial charge in [-0.15, -0.1) is 0 Å². The molecule has 1 fully saturated rings. The molecule has 1 heterocycles. The summed E-state index contributed by atoms with van der Waals surface area (Å²) >= 11 is 0. The molecule has 2 rings (SSSR count). The third kappa shape index (κ3) is 2.62. The number of anilines is 1. The van der Waals surface area contributed by atoms with Gasteiger partial charge < -0.3 is 5.32 Å². The van der Waals surface area contributed by atoms with E-state index in [1.54, 1.807) is 14.0 Å². The molecule has 1 saturated carbocycles. The van der Waals surface area contributed by atoms with Crippen LogP contribution in [0.2, 0.25) is 0 Å². The minimum Gasteiger partial charge on any atom is -0.371 e. The Morgan fingerprint density at radius 1 is 1.22 bits per heavy atom. The zero-order chi connectivity index (χ0) is 13.1. The highest BCUT2D eigenvalue weighted by Crippen LogP contribution is 2.36. The third-order valence-electron chi connectivity index (χ3n) is 4.06. The van der Waals surface area contributed by atoms with Crippen LogP contribution in [0.25, 0.3) is 0 Å². The van der Waals surface area contributed by atoms with E-state index in [-0.39, 0.29) is 5.82 Å². The zero-order valence-electron chi connectivity index (χ0n) is 11.5. The lowest BCUT2D eigenvalue weighted by Gasteiger charge is -2.27. The fourth-order valence-electron chi connectivity index (χ4n) is 2.76. The highest BCUT2D eigenvalue weighted by Gasteiger charge is 2.24. The van der Waals surface area contributed by atoms with Gasteiger partial charge in [-0.05, 0) is 38.5 Å². The zero-order valence-corrected chi connectivity index (χ0v) is 11.5. The van der Waals surface area contributed by atoms with Gasteiger partial charge in [0.2, 0.25) is 0 Å². The van der Waals surface area contributed by atoms with E-state index in [9.17, 15) is 4.39 Å². The predicted molar refractivity (Wildman–Crippen MR) is 71.3 cm³/mol. The normalized spacial score (nSPS) is 24.0. The lowest BCUT2D eigenvalue weighted by molar-refractivity contribution is 0.311. The van der Waals surface area contributed by atoms with Crippen molar-refractivity contribution in [2.75, 3.05) is 12.4 Å². The van der Waals surface area contributed by atoms with E-state index in [0.717, 1.165) is 24.6 Å². The first-order valence-electron chi connectivity index (χ1n) is 6.87. The Kier molecular flexibility index (Phi) is 4.15. The summed E-state index contributed by atoms with van der Waals surface area (Å²) in [4.78, 5) is 8.66. The number of hydrogen-bond donors (Lipinski definition) is 1. The largest absolute Gasteiger partial charge is 0.371 e. The standard InChI is InChI=1S/C14H22FN3/c1-4-10-5-7-11(8-6-10)13-17-9(2)12(15)14(16-3)18-13/h10-11H,4-8H2,1-3H3,(H,16,17,18). The van der Waals surface area contributed by atoms with E-state index in [2.05, 4.69) is 22.2 Å². The predicted octanol–water partition coefficient (Wildman–Crippen LogP) is 3.65. The minimum atomic E-state index is -0.330. The average molecular weight is 251 g/mol. The van der Waals surface area contributed by atoms with Crippen LogP contribution >= 0.6 is 0 Å². The molecule has 1 aromatic rings. The molecule has 0 radical (unpaired) electrons. The maximum atomic E-state index is 13.7.